The zero-order chi connectivity index (χ0) is 12.4. The van der Waals surface area contributed by atoms with Crippen LogP contribution in [0.25, 0.3) is 0 Å². The van der Waals surface area contributed by atoms with Crippen molar-refractivity contribution in [2.45, 2.75) is 71.3 Å². The van der Waals surface area contributed by atoms with Crippen LogP contribution in [0, 0.1) is 0 Å². The Balaban J connectivity index is 3.28. The standard InChI is InChI=1S/C13H25FO2/c1-13(2,3)16-12(15)10-8-6-4-5-7-9-11-14/h4-11H2,1-3H3. The molecule has 0 saturated carbocycles. The van der Waals surface area contributed by atoms with Crippen molar-refractivity contribution in [3.63, 3.8) is 0 Å². The first kappa shape index (κ1) is 15.4. The summed E-state index contributed by atoms with van der Waals surface area (Å²) in [4.78, 5) is 11.3. The second-order valence-electron chi connectivity index (χ2n) is 5.15. The molecule has 0 bridgehead atoms. The van der Waals surface area contributed by atoms with Gasteiger partial charge in [-0.3, -0.25) is 9.18 Å². The molecule has 0 aromatic rings. The number of carbonyl (C=O) groups excluding carboxylic acids is 1. The number of hydrogen-bond acceptors (Lipinski definition) is 2. The second kappa shape index (κ2) is 8.54. The molecule has 0 heterocycles. The molecule has 0 aromatic heterocycles. The minimum atomic E-state index is -0.377. The fourth-order valence-corrected chi connectivity index (χ4v) is 1.46. The maximum absolute atomic E-state index is 11.8. The lowest BCUT2D eigenvalue weighted by molar-refractivity contribution is -0.154. The van der Waals surface area contributed by atoms with Gasteiger partial charge in [-0.25, -0.2) is 0 Å². The van der Waals surface area contributed by atoms with Gasteiger partial charge in [0.05, 0.1) is 6.67 Å². The van der Waals surface area contributed by atoms with Crippen molar-refractivity contribution in [3.8, 4) is 0 Å². The van der Waals surface area contributed by atoms with Crippen LogP contribution < -0.4 is 0 Å². The first-order valence-electron chi connectivity index (χ1n) is 6.23. The van der Waals surface area contributed by atoms with Crippen LogP contribution in [-0.2, 0) is 9.53 Å². The maximum Gasteiger partial charge on any atom is 0.306 e. The number of halogens is 1. The topological polar surface area (TPSA) is 26.3 Å². The maximum atomic E-state index is 11.8. The summed E-state index contributed by atoms with van der Waals surface area (Å²) in [7, 11) is 0. The molecule has 96 valence electrons. The molecule has 0 amide bonds. The van der Waals surface area contributed by atoms with Gasteiger partial charge in [0.25, 0.3) is 0 Å². The van der Waals surface area contributed by atoms with Crippen molar-refractivity contribution in [2.24, 2.45) is 0 Å². The second-order valence-corrected chi connectivity index (χ2v) is 5.15. The van der Waals surface area contributed by atoms with Crippen LogP contribution in [0.3, 0.4) is 0 Å². The predicted octanol–water partition coefficient (Wildman–Crippen LogP) is 4.03. The van der Waals surface area contributed by atoms with Gasteiger partial charge < -0.3 is 4.74 Å². The van der Waals surface area contributed by atoms with E-state index in [-0.39, 0.29) is 18.2 Å². The summed E-state index contributed by atoms with van der Waals surface area (Å²) in [6.45, 7) is 5.42. The van der Waals surface area contributed by atoms with E-state index in [9.17, 15) is 9.18 Å². The monoisotopic (exact) mass is 232 g/mol. The molecule has 0 N–H and O–H groups in total. The Hall–Kier alpha value is -0.600. The highest BCUT2D eigenvalue weighted by Gasteiger charge is 2.15. The average molecular weight is 232 g/mol. The van der Waals surface area contributed by atoms with Crippen LogP contribution in [0.5, 0.6) is 0 Å². The Morgan fingerprint density at radius 1 is 1.00 bits per heavy atom. The Morgan fingerprint density at radius 2 is 1.50 bits per heavy atom. The predicted molar refractivity (Wildman–Crippen MR) is 64.1 cm³/mol. The lowest BCUT2D eigenvalue weighted by Gasteiger charge is -2.19. The molecule has 0 rings (SSSR count). The van der Waals surface area contributed by atoms with Gasteiger partial charge in [-0.05, 0) is 33.6 Å². The van der Waals surface area contributed by atoms with E-state index in [2.05, 4.69) is 0 Å². The minimum Gasteiger partial charge on any atom is -0.460 e. The molecule has 0 aliphatic rings. The van der Waals surface area contributed by atoms with E-state index in [4.69, 9.17) is 4.74 Å². The van der Waals surface area contributed by atoms with Crippen molar-refractivity contribution in [2.75, 3.05) is 6.67 Å². The van der Waals surface area contributed by atoms with Gasteiger partial charge in [0.15, 0.2) is 0 Å². The Kier molecular flexibility index (Phi) is 8.22. The summed E-state index contributed by atoms with van der Waals surface area (Å²) >= 11 is 0. The van der Waals surface area contributed by atoms with E-state index >= 15 is 0 Å². The summed E-state index contributed by atoms with van der Waals surface area (Å²) in [5.41, 5.74) is -0.377. The van der Waals surface area contributed by atoms with E-state index < -0.39 is 0 Å². The van der Waals surface area contributed by atoms with E-state index in [1.54, 1.807) is 0 Å². The van der Waals surface area contributed by atoms with Gasteiger partial charge in [0.1, 0.15) is 5.60 Å². The van der Waals surface area contributed by atoms with Gasteiger partial charge in [0, 0.05) is 6.42 Å². The third kappa shape index (κ3) is 11.5. The van der Waals surface area contributed by atoms with Gasteiger partial charge in [-0.2, -0.15) is 0 Å². The van der Waals surface area contributed by atoms with Gasteiger partial charge >= 0.3 is 5.97 Å². The minimum absolute atomic E-state index is 0.115. The lowest BCUT2D eigenvalue weighted by atomic mass is 10.1. The summed E-state index contributed by atoms with van der Waals surface area (Å²) in [6, 6.07) is 0. The Morgan fingerprint density at radius 3 is 2.00 bits per heavy atom. The smallest absolute Gasteiger partial charge is 0.306 e. The largest absolute Gasteiger partial charge is 0.460 e. The summed E-state index contributed by atoms with van der Waals surface area (Å²) in [6.07, 6.45) is 6.20. The van der Waals surface area contributed by atoms with Crippen LogP contribution in [0.4, 0.5) is 4.39 Å². The zero-order valence-corrected chi connectivity index (χ0v) is 10.9. The molecule has 0 spiro atoms. The molecule has 0 atom stereocenters. The number of ether oxygens (including phenoxy) is 1. The van der Waals surface area contributed by atoms with Gasteiger partial charge in [0.2, 0.25) is 0 Å². The number of alkyl halides is 1. The highest BCUT2D eigenvalue weighted by Crippen LogP contribution is 2.12. The fourth-order valence-electron chi connectivity index (χ4n) is 1.46. The SMILES string of the molecule is CC(C)(C)OC(=O)CCCCCCCCF. The van der Waals surface area contributed by atoms with Crippen molar-refractivity contribution in [1.82, 2.24) is 0 Å². The molecule has 0 radical (unpaired) electrons. The normalized spacial score (nSPS) is 11.5. The Labute approximate surface area is 98.6 Å². The quantitative estimate of drug-likeness (QED) is 0.466. The van der Waals surface area contributed by atoms with Crippen molar-refractivity contribution < 1.29 is 13.9 Å². The highest BCUT2D eigenvalue weighted by molar-refractivity contribution is 5.69. The van der Waals surface area contributed by atoms with Gasteiger partial charge in [-0.1, -0.05) is 25.7 Å². The summed E-state index contributed by atoms with van der Waals surface area (Å²) < 4.78 is 17.0. The molecule has 0 aliphatic carbocycles. The van der Waals surface area contributed by atoms with E-state index in [0.29, 0.717) is 12.8 Å². The number of unbranched alkanes of at least 4 members (excludes halogenated alkanes) is 5. The number of hydrogen-bond donors (Lipinski definition) is 0. The average Bonchev–Trinajstić information content (AvgIpc) is 2.13. The molecule has 0 fully saturated rings. The number of rotatable bonds is 8. The third-order valence-electron chi connectivity index (χ3n) is 2.18. The summed E-state index contributed by atoms with van der Waals surface area (Å²) in [5.74, 6) is -0.115. The van der Waals surface area contributed by atoms with Crippen LogP contribution in [0.2, 0.25) is 0 Å². The Bertz CT molecular complexity index is 185. The molecular weight excluding hydrogens is 207 g/mol. The van der Waals surface area contributed by atoms with Crippen LogP contribution in [0.15, 0.2) is 0 Å². The van der Waals surface area contributed by atoms with E-state index in [1.165, 1.54) is 0 Å². The van der Waals surface area contributed by atoms with E-state index in [1.807, 2.05) is 20.8 Å². The molecule has 0 aliphatic heterocycles. The van der Waals surface area contributed by atoms with E-state index in [0.717, 1.165) is 32.1 Å². The van der Waals surface area contributed by atoms with Gasteiger partial charge in [-0.15, -0.1) is 0 Å². The molecule has 2 nitrogen and oxygen atoms in total. The van der Waals surface area contributed by atoms with Crippen LogP contribution >= 0.6 is 0 Å². The number of carbonyl (C=O) groups is 1. The molecule has 16 heavy (non-hydrogen) atoms. The van der Waals surface area contributed by atoms with Crippen LogP contribution in [0.1, 0.15) is 65.7 Å². The van der Waals surface area contributed by atoms with Crippen molar-refractivity contribution in [1.29, 1.82) is 0 Å². The first-order valence-corrected chi connectivity index (χ1v) is 6.23. The van der Waals surface area contributed by atoms with Crippen LogP contribution in [-0.4, -0.2) is 18.2 Å². The van der Waals surface area contributed by atoms with Crippen molar-refractivity contribution >= 4 is 5.97 Å². The fraction of sp³-hybridized carbons (Fsp3) is 0.923. The highest BCUT2D eigenvalue weighted by atomic mass is 19.1. The third-order valence-corrected chi connectivity index (χ3v) is 2.18. The lowest BCUT2D eigenvalue weighted by Crippen LogP contribution is -2.23. The molecule has 0 saturated heterocycles. The first-order chi connectivity index (χ1) is 7.45. The summed E-state index contributed by atoms with van der Waals surface area (Å²) in [5, 5.41) is 0. The number of esters is 1. The molecule has 0 aromatic carbocycles. The molecular formula is C13H25FO2. The molecule has 3 heteroatoms. The molecule has 0 unspecified atom stereocenters. The van der Waals surface area contributed by atoms with Crippen molar-refractivity contribution in [3.05, 3.63) is 0 Å². The zero-order valence-electron chi connectivity index (χ0n) is 10.9.